The second kappa shape index (κ2) is 4.01. The van der Waals surface area contributed by atoms with E-state index in [-0.39, 0.29) is 16.9 Å². The highest BCUT2D eigenvalue weighted by molar-refractivity contribution is 9.10. The van der Waals surface area contributed by atoms with Gasteiger partial charge in [0.25, 0.3) is 0 Å². The molecule has 0 aromatic carbocycles. The molecule has 2 aromatic rings. The third kappa shape index (κ3) is 1.81. The lowest BCUT2D eigenvalue weighted by molar-refractivity contribution is 0.0697. The summed E-state index contributed by atoms with van der Waals surface area (Å²) in [5.41, 5.74) is -0.261. The molecule has 2 rings (SSSR count). The highest BCUT2D eigenvalue weighted by Gasteiger charge is 2.20. The van der Waals surface area contributed by atoms with E-state index in [0.29, 0.717) is 4.47 Å². The van der Waals surface area contributed by atoms with Crippen LogP contribution >= 0.6 is 15.9 Å². The maximum atomic E-state index is 13.4. The zero-order valence-corrected chi connectivity index (χ0v) is 9.23. The zero-order chi connectivity index (χ0) is 11.7. The van der Waals surface area contributed by atoms with Gasteiger partial charge in [0.05, 0.1) is 11.8 Å². The lowest BCUT2D eigenvalue weighted by Gasteiger charge is -1.99. The Kier molecular flexibility index (Phi) is 2.69. The summed E-state index contributed by atoms with van der Waals surface area (Å²) in [6.45, 7) is 0. The summed E-state index contributed by atoms with van der Waals surface area (Å²) in [7, 11) is 0. The van der Waals surface area contributed by atoms with Crippen LogP contribution in [0, 0.1) is 5.95 Å². The topological polar surface area (TPSA) is 76.2 Å². The molecule has 0 aliphatic rings. The largest absolute Gasteiger partial charge is 0.477 e. The Morgan fingerprint density at radius 1 is 1.50 bits per heavy atom. The van der Waals surface area contributed by atoms with Crippen molar-refractivity contribution in [3.05, 3.63) is 34.4 Å². The van der Waals surface area contributed by atoms with Crippen LogP contribution in [0.3, 0.4) is 0 Å². The van der Waals surface area contributed by atoms with Crippen LogP contribution < -0.4 is 0 Å². The van der Waals surface area contributed by atoms with Crippen LogP contribution in [-0.4, -0.2) is 21.2 Å². The summed E-state index contributed by atoms with van der Waals surface area (Å²) < 4.78 is 18.6. The fourth-order valence-corrected chi connectivity index (χ4v) is 1.50. The molecule has 0 saturated carbocycles. The van der Waals surface area contributed by atoms with Crippen molar-refractivity contribution < 1.29 is 18.8 Å². The van der Waals surface area contributed by atoms with E-state index in [2.05, 4.69) is 26.1 Å². The molecule has 0 saturated heterocycles. The SMILES string of the molecule is O=C(O)c1cnoc1-c1cc(Br)cnc1F. The van der Waals surface area contributed by atoms with Crippen molar-refractivity contribution in [1.29, 1.82) is 0 Å². The minimum Gasteiger partial charge on any atom is -0.477 e. The van der Waals surface area contributed by atoms with Gasteiger partial charge in [-0.15, -0.1) is 0 Å². The van der Waals surface area contributed by atoms with E-state index in [4.69, 9.17) is 9.63 Å². The van der Waals surface area contributed by atoms with E-state index in [0.717, 1.165) is 6.20 Å². The average Bonchev–Trinajstić information content (AvgIpc) is 2.70. The van der Waals surface area contributed by atoms with Gasteiger partial charge in [-0.1, -0.05) is 5.16 Å². The van der Waals surface area contributed by atoms with Crippen molar-refractivity contribution in [1.82, 2.24) is 10.1 Å². The van der Waals surface area contributed by atoms with E-state index in [1.165, 1.54) is 12.3 Å². The Labute approximate surface area is 97.0 Å². The molecule has 82 valence electrons. The van der Waals surface area contributed by atoms with E-state index >= 15 is 0 Å². The van der Waals surface area contributed by atoms with Gasteiger partial charge in [0, 0.05) is 10.7 Å². The van der Waals surface area contributed by atoms with Crippen molar-refractivity contribution in [2.24, 2.45) is 0 Å². The zero-order valence-electron chi connectivity index (χ0n) is 7.65. The molecule has 0 bridgehead atoms. The molecule has 0 amide bonds. The molecule has 0 aliphatic carbocycles. The number of carboxylic acid groups (broad SMARTS) is 1. The molecular formula is C9H4BrFN2O3. The normalized spacial score (nSPS) is 10.4. The molecular weight excluding hydrogens is 283 g/mol. The second-order valence-corrected chi connectivity index (χ2v) is 3.78. The maximum absolute atomic E-state index is 13.4. The van der Waals surface area contributed by atoms with Crippen molar-refractivity contribution in [3.8, 4) is 11.3 Å². The molecule has 16 heavy (non-hydrogen) atoms. The third-order valence-electron chi connectivity index (χ3n) is 1.85. The fourth-order valence-electron chi connectivity index (χ4n) is 1.17. The lowest BCUT2D eigenvalue weighted by atomic mass is 10.1. The van der Waals surface area contributed by atoms with Crippen LogP contribution in [-0.2, 0) is 0 Å². The minimum absolute atomic E-state index is 0.0516. The molecule has 0 unspecified atom stereocenters. The number of aromatic carboxylic acids is 1. The quantitative estimate of drug-likeness (QED) is 0.858. The number of halogens is 2. The van der Waals surface area contributed by atoms with Gasteiger partial charge in [0.1, 0.15) is 5.56 Å². The first-order valence-corrected chi connectivity index (χ1v) is 4.88. The summed E-state index contributed by atoms with van der Waals surface area (Å²) in [5, 5.41) is 12.1. The van der Waals surface area contributed by atoms with E-state index in [9.17, 15) is 9.18 Å². The Bertz CT molecular complexity index is 555. The molecule has 5 nitrogen and oxygen atoms in total. The number of nitrogens with zero attached hydrogens (tertiary/aromatic N) is 2. The predicted molar refractivity (Wildman–Crippen MR) is 54.4 cm³/mol. The van der Waals surface area contributed by atoms with Crippen LogP contribution in [0.1, 0.15) is 10.4 Å². The fraction of sp³-hybridized carbons (Fsp3) is 0. The van der Waals surface area contributed by atoms with Gasteiger partial charge in [-0.25, -0.2) is 9.78 Å². The van der Waals surface area contributed by atoms with Crippen molar-refractivity contribution >= 4 is 21.9 Å². The molecule has 1 N–H and O–H groups in total. The van der Waals surface area contributed by atoms with Gasteiger partial charge in [0.15, 0.2) is 5.76 Å². The molecule has 7 heteroatoms. The second-order valence-electron chi connectivity index (χ2n) is 2.87. The summed E-state index contributed by atoms with van der Waals surface area (Å²) in [6.07, 6.45) is 2.27. The highest BCUT2D eigenvalue weighted by atomic mass is 79.9. The number of carbonyl (C=O) groups is 1. The Balaban J connectivity index is 2.62. The standard InChI is InChI=1S/C9H4BrFN2O3/c10-4-1-5(8(11)12-2-4)7-6(9(14)15)3-13-16-7/h1-3H,(H,14,15). The monoisotopic (exact) mass is 286 g/mol. The van der Waals surface area contributed by atoms with Crippen molar-refractivity contribution in [2.45, 2.75) is 0 Å². The van der Waals surface area contributed by atoms with E-state index in [1.54, 1.807) is 0 Å². The van der Waals surface area contributed by atoms with Crippen LogP contribution in [0.4, 0.5) is 4.39 Å². The van der Waals surface area contributed by atoms with Crippen LogP contribution in [0.15, 0.2) is 27.5 Å². The molecule has 0 radical (unpaired) electrons. The third-order valence-corrected chi connectivity index (χ3v) is 2.28. The number of hydrogen-bond donors (Lipinski definition) is 1. The first-order chi connectivity index (χ1) is 7.59. The van der Waals surface area contributed by atoms with Crippen LogP contribution in [0.5, 0.6) is 0 Å². The number of rotatable bonds is 2. The summed E-state index contributed by atoms with van der Waals surface area (Å²) in [5.74, 6) is -2.21. The van der Waals surface area contributed by atoms with Gasteiger partial charge in [-0.2, -0.15) is 4.39 Å². The number of pyridine rings is 1. The van der Waals surface area contributed by atoms with Gasteiger partial charge in [-0.3, -0.25) is 0 Å². The summed E-state index contributed by atoms with van der Waals surface area (Å²) >= 11 is 3.10. The molecule has 2 aromatic heterocycles. The maximum Gasteiger partial charge on any atom is 0.341 e. The average molecular weight is 287 g/mol. The van der Waals surface area contributed by atoms with Gasteiger partial charge in [0.2, 0.25) is 5.95 Å². The summed E-state index contributed by atoms with van der Waals surface area (Å²) in [4.78, 5) is 14.2. The Morgan fingerprint density at radius 2 is 2.25 bits per heavy atom. The Morgan fingerprint density at radius 3 is 2.94 bits per heavy atom. The minimum atomic E-state index is -1.24. The first-order valence-electron chi connectivity index (χ1n) is 4.09. The van der Waals surface area contributed by atoms with Crippen LogP contribution in [0.25, 0.3) is 11.3 Å². The number of carboxylic acids is 1. The summed E-state index contributed by atoms with van der Waals surface area (Å²) in [6, 6.07) is 1.37. The van der Waals surface area contributed by atoms with Gasteiger partial charge >= 0.3 is 5.97 Å². The highest BCUT2D eigenvalue weighted by Crippen LogP contribution is 2.27. The predicted octanol–water partition coefficient (Wildman–Crippen LogP) is 2.34. The lowest BCUT2D eigenvalue weighted by Crippen LogP contribution is -1.98. The molecule has 0 aliphatic heterocycles. The van der Waals surface area contributed by atoms with Crippen molar-refractivity contribution in [2.75, 3.05) is 0 Å². The first kappa shape index (κ1) is 10.7. The van der Waals surface area contributed by atoms with Gasteiger partial charge < -0.3 is 9.63 Å². The molecule has 0 atom stereocenters. The smallest absolute Gasteiger partial charge is 0.341 e. The molecule has 2 heterocycles. The number of hydrogen-bond acceptors (Lipinski definition) is 4. The van der Waals surface area contributed by atoms with Gasteiger partial charge in [-0.05, 0) is 22.0 Å². The molecule has 0 spiro atoms. The van der Waals surface area contributed by atoms with E-state index in [1.807, 2.05) is 0 Å². The van der Waals surface area contributed by atoms with Crippen LogP contribution in [0.2, 0.25) is 0 Å². The van der Waals surface area contributed by atoms with E-state index < -0.39 is 11.9 Å². The Hall–Kier alpha value is -1.76. The van der Waals surface area contributed by atoms with Crippen molar-refractivity contribution in [3.63, 3.8) is 0 Å². The molecule has 0 fully saturated rings. The number of aromatic nitrogens is 2.